The lowest BCUT2D eigenvalue weighted by Gasteiger charge is -2.29. The summed E-state index contributed by atoms with van der Waals surface area (Å²) in [6, 6.07) is 25.5. The Morgan fingerprint density at radius 2 is 1.33 bits per heavy atom. The van der Waals surface area contributed by atoms with Crippen LogP contribution in [-0.4, -0.2) is 25.9 Å². The Hall–Kier alpha value is -3.40. The van der Waals surface area contributed by atoms with Gasteiger partial charge in [0.05, 0.1) is 12.7 Å². The van der Waals surface area contributed by atoms with Gasteiger partial charge in [0.2, 0.25) is 0 Å². The molecule has 4 heteroatoms. The van der Waals surface area contributed by atoms with Crippen molar-refractivity contribution in [2.75, 3.05) is 19.1 Å². The number of ether oxygens (including phenoxy) is 1. The molecule has 0 aliphatic carbocycles. The van der Waals surface area contributed by atoms with Crippen LogP contribution in [0.1, 0.15) is 32.3 Å². The fraction of sp³-hybridized carbons (Fsp3) is 0.130. The zero-order valence-corrected chi connectivity index (χ0v) is 15.3. The van der Waals surface area contributed by atoms with E-state index in [1.54, 1.807) is 12.1 Å². The molecule has 1 atom stereocenters. The topological polar surface area (TPSA) is 46.6 Å². The lowest BCUT2D eigenvalue weighted by molar-refractivity contribution is 0.0600. The van der Waals surface area contributed by atoms with Gasteiger partial charge in [0, 0.05) is 18.3 Å². The molecule has 0 aliphatic rings. The molecular formula is C23H21NO3. The molecule has 0 aromatic heterocycles. The Kier molecular flexibility index (Phi) is 5.67. The first kappa shape index (κ1) is 18.4. The van der Waals surface area contributed by atoms with Gasteiger partial charge < -0.3 is 9.64 Å². The highest BCUT2D eigenvalue weighted by molar-refractivity contribution is 6.02. The summed E-state index contributed by atoms with van der Waals surface area (Å²) in [5.74, 6) is -0.370. The molecule has 3 aromatic rings. The van der Waals surface area contributed by atoms with Crippen LogP contribution >= 0.6 is 0 Å². The Bertz CT molecular complexity index is 905. The van der Waals surface area contributed by atoms with Gasteiger partial charge in [0.1, 0.15) is 6.04 Å². The highest BCUT2D eigenvalue weighted by Gasteiger charge is 2.26. The van der Waals surface area contributed by atoms with Crippen LogP contribution in [0.2, 0.25) is 0 Å². The van der Waals surface area contributed by atoms with Crippen molar-refractivity contribution in [1.29, 1.82) is 0 Å². The Morgan fingerprint density at radius 3 is 1.89 bits per heavy atom. The van der Waals surface area contributed by atoms with E-state index in [4.69, 9.17) is 4.74 Å². The number of Topliss-reactive ketones (excluding diaryl/α,β-unsaturated/α-hetero) is 1. The van der Waals surface area contributed by atoms with E-state index in [2.05, 4.69) is 0 Å². The molecule has 0 N–H and O–H groups in total. The number of hydrogen-bond acceptors (Lipinski definition) is 4. The summed E-state index contributed by atoms with van der Waals surface area (Å²) < 4.78 is 4.74. The summed E-state index contributed by atoms with van der Waals surface area (Å²) in [6.45, 7) is 0. The maximum absolute atomic E-state index is 13.3. The fourth-order valence-corrected chi connectivity index (χ4v) is 3.05. The SMILES string of the molecule is COC(=O)c1ccc(N(C)C(C(=O)c2ccccc2)c2ccccc2)cc1. The number of anilines is 1. The van der Waals surface area contributed by atoms with Gasteiger partial charge in [-0.15, -0.1) is 0 Å². The Balaban J connectivity index is 1.97. The van der Waals surface area contributed by atoms with Gasteiger partial charge in [0.15, 0.2) is 5.78 Å². The Labute approximate surface area is 159 Å². The molecule has 0 saturated carbocycles. The van der Waals surface area contributed by atoms with Gasteiger partial charge in [-0.05, 0) is 29.8 Å². The summed E-state index contributed by atoms with van der Waals surface area (Å²) in [6.07, 6.45) is 0. The van der Waals surface area contributed by atoms with E-state index >= 15 is 0 Å². The number of esters is 1. The first-order valence-corrected chi connectivity index (χ1v) is 8.67. The second kappa shape index (κ2) is 8.32. The minimum absolute atomic E-state index is 0.0151. The van der Waals surface area contributed by atoms with Gasteiger partial charge in [-0.1, -0.05) is 60.7 Å². The maximum atomic E-state index is 13.3. The number of carbonyl (C=O) groups excluding carboxylic acids is 2. The molecule has 3 aromatic carbocycles. The minimum atomic E-state index is -0.474. The molecule has 27 heavy (non-hydrogen) atoms. The number of ketones is 1. The normalized spacial score (nSPS) is 11.5. The van der Waals surface area contributed by atoms with E-state index in [0.29, 0.717) is 11.1 Å². The van der Waals surface area contributed by atoms with Crippen molar-refractivity contribution < 1.29 is 14.3 Å². The second-order valence-corrected chi connectivity index (χ2v) is 6.19. The van der Waals surface area contributed by atoms with Gasteiger partial charge in [0.25, 0.3) is 0 Å². The highest BCUT2D eigenvalue weighted by Crippen LogP contribution is 2.29. The molecule has 0 radical (unpaired) electrons. The minimum Gasteiger partial charge on any atom is -0.465 e. The van der Waals surface area contributed by atoms with Crippen LogP contribution in [-0.2, 0) is 4.74 Å². The number of hydrogen-bond donors (Lipinski definition) is 0. The van der Waals surface area contributed by atoms with Crippen LogP contribution in [0.3, 0.4) is 0 Å². The molecule has 1 unspecified atom stereocenters. The molecule has 0 spiro atoms. The number of nitrogens with zero attached hydrogens (tertiary/aromatic N) is 1. The summed E-state index contributed by atoms with van der Waals surface area (Å²) >= 11 is 0. The number of rotatable bonds is 6. The predicted octanol–water partition coefficient (Wildman–Crippen LogP) is 4.53. The van der Waals surface area contributed by atoms with Gasteiger partial charge in [-0.3, -0.25) is 4.79 Å². The predicted molar refractivity (Wildman–Crippen MR) is 106 cm³/mol. The van der Waals surface area contributed by atoms with Gasteiger partial charge >= 0.3 is 5.97 Å². The molecule has 0 bridgehead atoms. The molecule has 0 fully saturated rings. The summed E-state index contributed by atoms with van der Waals surface area (Å²) in [7, 11) is 3.23. The van der Waals surface area contributed by atoms with Crippen LogP contribution < -0.4 is 4.90 Å². The first-order valence-electron chi connectivity index (χ1n) is 8.67. The van der Waals surface area contributed by atoms with Crippen molar-refractivity contribution in [1.82, 2.24) is 0 Å². The monoisotopic (exact) mass is 359 g/mol. The Morgan fingerprint density at radius 1 is 0.778 bits per heavy atom. The molecule has 0 amide bonds. The van der Waals surface area contributed by atoms with E-state index in [0.717, 1.165) is 11.3 Å². The third-order valence-electron chi connectivity index (χ3n) is 4.50. The largest absolute Gasteiger partial charge is 0.465 e. The van der Waals surface area contributed by atoms with E-state index in [-0.39, 0.29) is 11.8 Å². The fourth-order valence-electron chi connectivity index (χ4n) is 3.05. The van der Waals surface area contributed by atoms with Gasteiger partial charge in [-0.25, -0.2) is 4.79 Å². The van der Waals surface area contributed by atoms with E-state index in [1.165, 1.54) is 7.11 Å². The molecular weight excluding hydrogens is 338 g/mol. The van der Waals surface area contributed by atoms with Crippen molar-refractivity contribution in [2.45, 2.75) is 6.04 Å². The van der Waals surface area contributed by atoms with Crippen molar-refractivity contribution >= 4 is 17.4 Å². The molecule has 4 nitrogen and oxygen atoms in total. The van der Waals surface area contributed by atoms with Crippen molar-refractivity contribution in [3.8, 4) is 0 Å². The van der Waals surface area contributed by atoms with E-state index in [9.17, 15) is 9.59 Å². The average Bonchev–Trinajstić information content (AvgIpc) is 2.74. The highest BCUT2D eigenvalue weighted by atomic mass is 16.5. The number of carbonyl (C=O) groups is 2. The van der Waals surface area contributed by atoms with Crippen molar-refractivity contribution in [3.05, 3.63) is 102 Å². The van der Waals surface area contributed by atoms with Crippen LogP contribution in [0.25, 0.3) is 0 Å². The first-order chi connectivity index (χ1) is 13.1. The lowest BCUT2D eigenvalue weighted by atomic mass is 9.95. The van der Waals surface area contributed by atoms with Crippen LogP contribution in [0.5, 0.6) is 0 Å². The smallest absolute Gasteiger partial charge is 0.337 e. The molecule has 0 heterocycles. The van der Waals surface area contributed by atoms with E-state index < -0.39 is 6.04 Å². The third kappa shape index (κ3) is 4.06. The lowest BCUT2D eigenvalue weighted by Crippen LogP contribution is -2.31. The third-order valence-corrected chi connectivity index (χ3v) is 4.50. The van der Waals surface area contributed by atoms with Crippen LogP contribution in [0, 0.1) is 0 Å². The van der Waals surface area contributed by atoms with Crippen LogP contribution in [0.15, 0.2) is 84.9 Å². The molecule has 136 valence electrons. The molecule has 0 saturated heterocycles. The second-order valence-electron chi connectivity index (χ2n) is 6.19. The number of likely N-dealkylation sites (N-methyl/N-ethyl adjacent to an activating group) is 1. The van der Waals surface area contributed by atoms with Crippen LogP contribution in [0.4, 0.5) is 5.69 Å². The number of methoxy groups -OCH3 is 1. The zero-order valence-electron chi connectivity index (χ0n) is 15.3. The standard InChI is InChI=1S/C23H21NO3/c1-24(20-15-13-19(14-16-20)23(26)27-2)21(17-9-5-3-6-10-17)22(25)18-11-7-4-8-12-18/h3-16,21H,1-2H3. The summed E-state index contributed by atoms with van der Waals surface area (Å²) in [5, 5.41) is 0. The summed E-state index contributed by atoms with van der Waals surface area (Å²) in [5.41, 5.74) is 2.87. The number of benzene rings is 3. The quantitative estimate of drug-likeness (QED) is 0.479. The van der Waals surface area contributed by atoms with E-state index in [1.807, 2.05) is 84.7 Å². The summed E-state index contributed by atoms with van der Waals surface area (Å²) in [4.78, 5) is 26.8. The van der Waals surface area contributed by atoms with Crippen molar-refractivity contribution in [2.24, 2.45) is 0 Å². The molecule has 0 aliphatic heterocycles. The average molecular weight is 359 g/mol. The van der Waals surface area contributed by atoms with Gasteiger partial charge in [-0.2, -0.15) is 0 Å². The molecule has 3 rings (SSSR count). The maximum Gasteiger partial charge on any atom is 0.337 e. The zero-order chi connectivity index (χ0) is 19.2. The van der Waals surface area contributed by atoms with Crippen molar-refractivity contribution in [3.63, 3.8) is 0 Å².